The zero-order valence-corrected chi connectivity index (χ0v) is 12.3. The summed E-state index contributed by atoms with van der Waals surface area (Å²) in [6.45, 7) is 5.89. The maximum atomic E-state index is 12.4. The highest BCUT2D eigenvalue weighted by Crippen LogP contribution is 2.28. The highest BCUT2D eigenvalue weighted by atomic mass is 32.2. The molecule has 1 atom stereocenters. The van der Waals surface area contributed by atoms with E-state index >= 15 is 0 Å². The zero-order chi connectivity index (χ0) is 14.2. The van der Waals surface area contributed by atoms with Crippen LogP contribution in [0, 0.1) is 12.8 Å². The van der Waals surface area contributed by atoms with Gasteiger partial charge in [-0.05, 0) is 31.4 Å². The van der Waals surface area contributed by atoms with Gasteiger partial charge in [0.25, 0.3) is 0 Å². The van der Waals surface area contributed by atoms with Crippen molar-refractivity contribution in [3.8, 4) is 0 Å². The van der Waals surface area contributed by atoms with Crippen LogP contribution in [0.15, 0.2) is 29.2 Å². The molecule has 1 aliphatic heterocycles. The number of aryl methyl sites for hydroxylation is 1. The van der Waals surface area contributed by atoms with Crippen LogP contribution >= 0.6 is 0 Å². The lowest BCUT2D eigenvalue weighted by Gasteiger charge is -2.38. The Morgan fingerprint density at radius 2 is 1.84 bits per heavy atom. The summed E-state index contributed by atoms with van der Waals surface area (Å²) >= 11 is 0. The molecule has 2 rings (SSSR count). The van der Waals surface area contributed by atoms with Crippen molar-refractivity contribution in [2.75, 3.05) is 6.54 Å². The largest absolute Gasteiger partial charge is 0.296 e. The molecule has 1 saturated heterocycles. The molecule has 0 aliphatic carbocycles. The van der Waals surface area contributed by atoms with Crippen LogP contribution in [0.3, 0.4) is 0 Å². The van der Waals surface area contributed by atoms with Crippen molar-refractivity contribution in [3.63, 3.8) is 0 Å². The average molecular weight is 281 g/mol. The van der Waals surface area contributed by atoms with E-state index < -0.39 is 16.1 Å². The van der Waals surface area contributed by atoms with E-state index in [1.165, 1.54) is 4.31 Å². The summed E-state index contributed by atoms with van der Waals surface area (Å²) in [4.78, 5) is 11.9. The molecule has 19 heavy (non-hydrogen) atoms. The zero-order valence-electron chi connectivity index (χ0n) is 11.5. The lowest BCUT2D eigenvalue weighted by molar-refractivity contribution is -0.131. The van der Waals surface area contributed by atoms with E-state index in [1.54, 1.807) is 24.3 Å². The van der Waals surface area contributed by atoms with Gasteiger partial charge < -0.3 is 0 Å². The molecule has 1 fully saturated rings. The van der Waals surface area contributed by atoms with Crippen molar-refractivity contribution in [2.24, 2.45) is 5.92 Å². The molecule has 104 valence electrons. The van der Waals surface area contributed by atoms with Gasteiger partial charge in [-0.15, -0.1) is 0 Å². The summed E-state index contributed by atoms with van der Waals surface area (Å²) < 4.78 is 26.2. The fraction of sp³-hybridized carbons (Fsp3) is 0.500. The third kappa shape index (κ3) is 2.72. The van der Waals surface area contributed by atoms with Crippen LogP contribution < -0.4 is 0 Å². The predicted molar refractivity (Wildman–Crippen MR) is 73.3 cm³/mol. The van der Waals surface area contributed by atoms with Crippen molar-refractivity contribution in [1.29, 1.82) is 0 Å². The molecule has 0 N–H and O–H groups in total. The van der Waals surface area contributed by atoms with Crippen LogP contribution in [0.1, 0.15) is 25.8 Å². The molecule has 0 amide bonds. The Kier molecular flexibility index (Phi) is 3.78. The van der Waals surface area contributed by atoms with Crippen molar-refractivity contribution in [2.45, 2.75) is 38.1 Å². The number of benzene rings is 1. The number of Topliss-reactive ketones (excluding diaryl/α,β-unsaturated/α-hetero) is 1. The maximum absolute atomic E-state index is 12.4. The Bertz CT molecular complexity index is 575. The second-order valence-electron chi connectivity index (χ2n) is 5.47. The third-order valence-corrected chi connectivity index (χ3v) is 5.22. The Labute approximate surface area is 114 Å². The van der Waals surface area contributed by atoms with Gasteiger partial charge in [-0.3, -0.25) is 4.79 Å². The molecule has 1 aliphatic rings. The molecule has 1 aromatic carbocycles. The van der Waals surface area contributed by atoms with E-state index in [2.05, 4.69) is 0 Å². The first kappa shape index (κ1) is 14.2. The van der Waals surface area contributed by atoms with Crippen molar-refractivity contribution in [1.82, 2.24) is 4.31 Å². The highest BCUT2D eigenvalue weighted by molar-refractivity contribution is 7.89. The molecule has 0 spiro atoms. The van der Waals surface area contributed by atoms with Gasteiger partial charge in [0.15, 0.2) is 5.78 Å². The number of nitrogens with zero attached hydrogens (tertiary/aromatic N) is 1. The minimum atomic E-state index is -3.53. The lowest BCUT2D eigenvalue weighted by Crippen LogP contribution is -2.59. The van der Waals surface area contributed by atoms with Crippen molar-refractivity contribution < 1.29 is 13.2 Å². The Morgan fingerprint density at radius 3 is 2.32 bits per heavy atom. The van der Waals surface area contributed by atoms with Gasteiger partial charge in [-0.2, -0.15) is 4.31 Å². The second kappa shape index (κ2) is 5.06. The van der Waals surface area contributed by atoms with Gasteiger partial charge >= 0.3 is 0 Å². The SMILES string of the molecule is Cc1ccc(S(=O)(=O)N2CC(=O)C2CC(C)C)cc1. The van der Waals surface area contributed by atoms with Crippen LogP contribution in [0.2, 0.25) is 0 Å². The molecule has 1 heterocycles. The summed E-state index contributed by atoms with van der Waals surface area (Å²) in [6, 6.07) is 6.25. The molecule has 1 unspecified atom stereocenters. The maximum Gasteiger partial charge on any atom is 0.244 e. The van der Waals surface area contributed by atoms with Gasteiger partial charge in [0, 0.05) is 0 Å². The van der Waals surface area contributed by atoms with Crippen LogP contribution in [-0.4, -0.2) is 31.1 Å². The van der Waals surface area contributed by atoms with Gasteiger partial charge in [0.1, 0.15) is 0 Å². The number of hydrogen-bond donors (Lipinski definition) is 0. The van der Waals surface area contributed by atoms with Gasteiger partial charge in [-0.1, -0.05) is 31.5 Å². The fourth-order valence-electron chi connectivity index (χ4n) is 2.21. The van der Waals surface area contributed by atoms with E-state index in [4.69, 9.17) is 0 Å². The van der Waals surface area contributed by atoms with E-state index in [1.807, 2.05) is 20.8 Å². The fourth-order valence-corrected chi connectivity index (χ4v) is 3.80. The highest BCUT2D eigenvalue weighted by Gasteiger charge is 2.45. The van der Waals surface area contributed by atoms with Crippen LogP contribution in [0.4, 0.5) is 0 Å². The first-order chi connectivity index (χ1) is 8.82. The molecule has 4 nitrogen and oxygen atoms in total. The molecule has 1 aromatic rings. The quantitative estimate of drug-likeness (QED) is 0.848. The number of sulfonamides is 1. The summed E-state index contributed by atoms with van der Waals surface area (Å²) in [5.41, 5.74) is 1.01. The van der Waals surface area contributed by atoms with Gasteiger partial charge in [0.05, 0.1) is 17.5 Å². The lowest BCUT2D eigenvalue weighted by atomic mass is 9.95. The molecule has 5 heteroatoms. The summed E-state index contributed by atoms with van der Waals surface area (Å²) in [7, 11) is -3.53. The number of hydrogen-bond acceptors (Lipinski definition) is 3. The third-order valence-electron chi connectivity index (χ3n) is 3.35. The number of carbonyl (C=O) groups excluding carboxylic acids is 1. The molecule has 0 radical (unpaired) electrons. The number of carbonyl (C=O) groups is 1. The van der Waals surface area contributed by atoms with Crippen LogP contribution in [0.25, 0.3) is 0 Å². The molecule has 0 aromatic heterocycles. The van der Waals surface area contributed by atoms with Gasteiger partial charge in [-0.25, -0.2) is 8.42 Å². The minimum absolute atomic E-state index is 0.00754. The summed E-state index contributed by atoms with van der Waals surface area (Å²) in [5, 5.41) is 0. The minimum Gasteiger partial charge on any atom is -0.296 e. The molecular weight excluding hydrogens is 262 g/mol. The monoisotopic (exact) mass is 281 g/mol. The Balaban J connectivity index is 2.25. The first-order valence-corrected chi connectivity index (χ1v) is 7.87. The molecule has 0 saturated carbocycles. The van der Waals surface area contributed by atoms with Gasteiger partial charge in [0.2, 0.25) is 10.0 Å². The standard InChI is InChI=1S/C14H19NO3S/c1-10(2)8-13-14(16)9-15(13)19(17,18)12-6-4-11(3)5-7-12/h4-7,10,13H,8-9H2,1-3H3. The van der Waals surface area contributed by atoms with Crippen LogP contribution in [-0.2, 0) is 14.8 Å². The topological polar surface area (TPSA) is 54.5 Å². The molecule has 0 bridgehead atoms. The Morgan fingerprint density at radius 1 is 1.26 bits per heavy atom. The number of rotatable bonds is 4. The van der Waals surface area contributed by atoms with E-state index in [9.17, 15) is 13.2 Å². The number of ketones is 1. The normalized spacial score (nSPS) is 20.6. The van der Waals surface area contributed by atoms with Crippen molar-refractivity contribution >= 4 is 15.8 Å². The summed E-state index contributed by atoms with van der Waals surface area (Å²) in [5.74, 6) is 0.314. The first-order valence-electron chi connectivity index (χ1n) is 6.43. The predicted octanol–water partition coefficient (Wildman–Crippen LogP) is 1.98. The average Bonchev–Trinajstić information content (AvgIpc) is 2.33. The van der Waals surface area contributed by atoms with Crippen molar-refractivity contribution in [3.05, 3.63) is 29.8 Å². The molecular formula is C14H19NO3S. The smallest absolute Gasteiger partial charge is 0.244 e. The second-order valence-corrected chi connectivity index (χ2v) is 7.37. The van der Waals surface area contributed by atoms with E-state index in [0.29, 0.717) is 12.3 Å². The van der Waals surface area contributed by atoms with E-state index in [-0.39, 0.29) is 17.2 Å². The van der Waals surface area contributed by atoms with Crippen LogP contribution in [0.5, 0.6) is 0 Å². The van der Waals surface area contributed by atoms with E-state index in [0.717, 1.165) is 5.56 Å². The summed E-state index contributed by atoms with van der Waals surface area (Å²) in [6.07, 6.45) is 0.587. The Hall–Kier alpha value is -1.20.